The zero-order valence-corrected chi connectivity index (χ0v) is 17.9. The van der Waals surface area contributed by atoms with Crippen LogP contribution in [0.4, 0.5) is 0 Å². The van der Waals surface area contributed by atoms with Crippen molar-refractivity contribution >= 4 is 23.5 Å². The molecule has 1 N–H and O–H groups in total. The van der Waals surface area contributed by atoms with Crippen molar-refractivity contribution < 1.29 is 9.31 Å². The van der Waals surface area contributed by atoms with E-state index in [4.69, 9.17) is 9.31 Å². The van der Waals surface area contributed by atoms with Gasteiger partial charge >= 0.3 is 7.12 Å². The third kappa shape index (κ3) is 3.27. The fourth-order valence-electron chi connectivity index (χ4n) is 3.46. The molecule has 1 aliphatic rings. The third-order valence-electron chi connectivity index (χ3n) is 6.07. The summed E-state index contributed by atoms with van der Waals surface area (Å²) in [6.45, 7) is 15.0. The van der Waals surface area contributed by atoms with E-state index in [2.05, 4.69) is 94.8 Å². The minimum Gasteiger partial charge on any atom is -0.399 e. The number of rotatable bonds is 2. The van der Waals surface area contributed by atoms with E-state index in [1.54, 1.807) is 0 Å². The molecule has 0 bridgehead atoms. The number of hydrogen-bond donors (Lipinski definition) is 1. The number of aromatic amines is 1. The number of H-pyrrole nitrogens is 1. The summed E-state index contributed by atoms with van der Waals surface area (Å²) in [4.78, 5) is 8.07. The van der Waals surface area contributed by atoms with Gasteiger partial charge in [0, 0.05) is 11.7 Å². The van der Waals surface area contributed by atoms with Gasteiger partial charge in [0.2, 0.25) is 0 Å². The number of aromatic nitrogens is 2. The Labute approximate surface area is 167 Å². The largest absolute Gasteiger partial charge is 0.494 e. The molecule has 0 unspecified atom stereocenters. The molecule has 1 aliphatic heterocycles. The van der Waals surface area contributed by atoms with E-state index in [-0.39, 0.29) is 23.7 Å². The fourth-order valence-corrected chi connectivity index (χ4v) is 3.46. The lowest BCUT2D eigenvalue weighted by Crippen LogP contribution is -2.41. The first kappa shape index (κ1) is 19.2. The molecule has 2 aromatic heterocycles. The van der Waals surface area contributed by atoms with Gasteiger partial charge < -0.3 is 14.3 Å². The normalized spacial score (nSPS) is 18.8. The zero-order chi connectivity index (χ0) is 20.3. The predicted octanol–water partition coefficient (Wildman–Crippen LogP) is 4.83. The van der Waals surface area contributed by atoms with E-state index in [1.165, 1.54) is 5.56 Å². The van der Waals surface area contributed by atoms with Gasteiger partial charge in [0.25, 0.3) is 0 Å². The van der Waals surface area contributed by atoms with Crippen LogP contribution in [0.15, 0.2) is 42.6 Å². The number of nitrogens with zero attached hydrogens (tertiary/aromatic N) is 1. The lowest BCUT2D eigenvalue weighted by atomic mass is 9.78. The summed E-state index contributed by atoms with van der Waals surface area (Å²) in [6.07, 6.45) is 1.89. The first-order chi connectivity index (χ1) is 13.0. The average molecular weight is 376 g/mol. The third-order valence-corrected chi connectivity index (χ3v) is 6.07. The first-order valence-electron chi connectivity index (χ1n) is 9.91. The van der Waals surface area contributed by atoms with Gasteiger partial charge in [-0.15, -0.1) is 0 Å². The number of benzene rings is 1. The highest BCUT2D eigenvalue weighted by molar-refractivity contribution is 6.62. The van der Waals surface area contributed by atoms with Crippen molar-refractivity contribution in [1.82, 2.24) is 9.97 Å². The zero-order valence-electron chi connectivity index (χ0n) is 17.9. The highest BCUT2D eigenvalue weighted by atomic mass is 16.7. The minimum atomic E-state index is -0.352. The summed E-state index contributed by atoms with van der Waals surface area (Å²) in [7, 11) is -0.352. The lowest BCUT2D eigenvalue weighted by Gasteiger charge is -2.32. The Bertz CT molecular complexity index is 1010. The maximum absolute atomic E-state index is 6.20. The summed E-state index contributed by atoms with van der Waals surface area (Å²) in [5.74, 6) is 0. The van der Waals surface area contributed by atoms with Crippen LogP contribution in [0.2, 0.25) is 0 Å². The SMILES string of the molecule is CC(C)(C)c1ccnc(-c2cc3cc(B4OC(C)(C)C(C)(C)O4)ccc3[nH]2)c1. The topological polar surface area (TPSA) is 47.1 Å². The Morgan fingerprint density at radius 1 is 0.929 bits per heavy atom. The summed E-state index contributed by atoms with van der Waals surface area (Å²) in [5, 5.41) is 1.13. The van der Waals surface area contributed by atoms with E-state index in [9.17, 15) is 0 Å². The summed E-state index contributed by atoms with van der Waals surface area (Å²) < 4.78 is 12.4. The summed E-state index contributed by atoms with van der Waals surface area (Å²) in [6, 6.07) is 12.7. The van der Waals surface area contributed by atoms with Crippen molar-refractivity contribution in [1.29, 1.82) is 0 Å². The van der Waals surface area contributed by atoms with E-state index in [0.29, 0.717) is 0 Å². The Balaban J connectivity index is 1.69. The second kappa shape index (κ2) is 6.20. The first-order valence-corrected chi connectivity index (χ1v) is 9.91. The molecule has 146 valence electrons. The second-order valence-electron chi connectivity index (χ2n) is 9.80. The average Bonchev–Trinajstić information content (AvgIpc) is 3.11. The molecule has 3 heterocycles. The van der Waals surface area contributed by atoms with Crippen LogP contribution < -0.4 is 5.46 Å². The van der Waals surface area contributed by atoms with Crippen molar-refractivity contribution in [2.75, 3.05) is 0 Å². The smallest absolute Gasteiger partial charge is 0.399 e. The van der Waals surface area contributed by atoms with Crippen molar-refractivity contribution in [2.45, 2.75) is 65.1 Å². The van der Waals surface area contributed by atoms with Crippen molar-refractivity contribution in [3.63, 3.8) is 0 Å². The van der Waals surface area contributed by atoms with Gasteiger partial charge in [0.05, 0.1) is 22.6 Å². The lowest BCUT2D eigenvalue weighted by molar-refractivity contribution is 0.00578. The van der Waals surface area contributed by atoms with Gasteiger partial charge in [-0.25, -0.2) is 0 Å². The van der Waals surface area contributed by atoms with Crippen molar-refractivity contribution in [3.8, 4) is 11.4 Å². The Morgan fingerprint density at radius 2 is 1.61 bits per heavy atom. The molecule has 0 saturated carbocycles. The van der Waals surface area contributed by atoms with Gasteiger partial charge in [0.15, 0.2) is 0 Å². The number of fused-ring (bicyclic) bond motifs is 1. The monoisotopic (exact) mass is 376 g/mol. The Morgan fingerprint density at radius 3 is 2.25 bits per heavy atom. The van der Waals surface area contributed by atoms with Crippen LogP contribution in [0.5, 0.6) is 0 Å². The number of pyridine rings is 1. The van der Waals surface area contributed by atoms with Gasteiger partial charge in [-0.3, -0.25) is 4.98 Å². The molecule has 0 aliphatic carbocycles. The standard InChI is InChI=1S/C23H29BN2O2/c1-21(2,3)16-10-11-25-19(14-16)20-13-15-12-17(8-9-18(15)26-20)24-27-22(4,5)23(6,7)28-24/h8-14,26H,1-7H3. The Kier molecular flexibility index (Phi) is 4.25. The second-order valence-corrected chi connectivity index (χ2v) is 9.80. The molecule has 1 aromatic carbocycles. The van der Waals surface area contributed by atoms with Gasteiger partial charge in [0.1, 0.15) is 0 Å². The van der Waals surface area contributed by atoms with Gasteiger partial charge in [-0.05, 0) is 73.8 Å². The minimum absolute atomic E-state index is 0.0909. The Hall–Kier alpha value is -2.11. The van der Waals surface area contributed by atoms with Crippen LogP contribution in [0.3, 0.4) is 0 Å². The van der Waals surface area contributed by atoms with Gasteiger partial charge in [-0.1, -0.05) is 32.9 Å². The number of hydrogen-bond acceptors (Lipinski definition) is 3. The van der Waals surface area contributed by atoms with E-state index >= 15 is 0 Å². The van der Waals surface area contributed by atoms with E-state index < -0.39 is 0 Å². The molecule has 0 spiro atoms. The van der Waals surface area contributed by atoms with Crippen molar-refractivity contribution in [2.24, 2.45) is 0 Å². The molecule has 5 heteroatoms. The predicted molar refractivity (Wildman–Crippen MR) is 116 cm³/mol. The van der Waals surface area contributed by atoms with Crippen LogP contribution in [0.1, 0.15) is 54.0 Å². The highest BCUT2D eigenvalue weighted by Gasteiger charge is 2.51. The highest BCUT2D eigenvalue weighted by Crippen LogP contribution is 2.36. The maximum atomic E-state index is 6.20. The number of nitrogens with one attached hydrogen (secondary N) is 1. The molecule has 1 saturated heterocycles. The van der Waals surface area contributed by atoms with Crippen LogP contribution in [0.25, 0.3) is 22.3 Å². The van der Waals surface area contributed by atoms with Crippen LogP contribution in [-0.4, -0.2) is 28.3 Å². The fraction of sp³-hybridized carbons (Fsp3) is 0.435. The van der Waals surface area contributed by atoms with Crippen LogP contribution in [-0.2, 0) is 14.7 Å². The maximum Gasteiger partial charge on any atom is 0.494 e. The van der Waals surface area contributed by atoms with Gasteiger partial charge in [-0.2, -0.15) is 0 Å². The van der Waals surface area contributed by atoms with Crippen molar-refractivity contribution in [3.05, 3.63) is 48.2 Å². The summed E-state index contributed by atoms with van der Waals surface area (Å²) >= 11 is 0. The molecular weight excluding hydrogens is 347 g/mol. The molecule has 0 amide bonds. The van der Waals surface area contributed by atoms with Crippen LogP contribution in [0, 0.1) is 0 Å². The summed E-state index contributed by atoms with van der Waals surface area (Å²) in [5.41, 5.74) is 4.78. The van der Waals surface area contributed by atoms with Crippen LogP contribution >= 0.6 is 0 Å². The molecule has 0 atom stereocenters. The molecule has 1 fully saturated rings. The molecule has 0 radical (unpaired) electrons. The van der Waals surface area contributed by atoms with E-state index in [0.717, 1.165) is 27.8 Å². The molecule has 4 nitrogen and oxygen atoms in total. The molecule has 4 rings (SSSR count). The molecule has 3 aromatic rings. The molecule has 28 heavy (non-hydrogen) atoms. The van der Waals surface area contributed by atoms with E-state index in [1.807, 2.05) is 6.20 Å². The quantitative estimate of drug-likeness (QED) is 0.652. The molecular formula is C23H29BN2O2.